The molecule has 1 aliphatic rings. The molecule has 5 rings (SSSR count). The van der Waals surface area contributed by atoms with Gasteiger partial charge in [-0.25, -0.2) is 24.5 Å². The maximum Gasteiger partial charge on any atom is 0.366 e. The molecule has 1 fully saturated rings. The van der Waals surface area contributed by atoms with Gasteiger partial charge < -0.3 is 24.8 Å². The quantitative estimate of drug-likeness (QED) is 0.268. The average Bonchev–Trinajstić information content (AvgIpc) is 3.37. The molecule has 0 saturated carbocycles. The number of esters is 1. The van der Waals surface area contributed by atoms with Crippen LogP contribution >= 0.6 is 11.3 Å². The maximum atomic E-state index is 12.1. The molecule has 12 nitrogen and oxygen atoms in total. The number of pyridine rings is 1. The van der Waals surface area contributed by atoms with Crippen molar-refractivity contribution in [2.24, 2.45) is 0 Å². The lowest BCUT2D eigenvalue weighted by Gasteiger charge is -2.35. The van der Waals surface area contributed by atoms with Crippen LogP contribution in [-0.2, 0) is 19.0 Å². The van der Waals surface area contributed by atoms with Crippen LogP contribution < -0.4 is 16.0 Å². The molecule has 1 aromatic carbocycles. The van der Waals surface area contributed by atoms with E-state index in [0.29, 0.717) is 17.6 Å². The molecule has 2 amide bonds. The van der Waals surface area contributed by atoms with Crippen LogP contribution in [0.5, 0.6) is 0 Å². The van der Waals surface area contributed by atoms with Gasteiger partial charge in [-0.3, -0.25) is 10.3 Å². The number of benzene rings is 1. The molecule has 0 aliphatic carbocycles. The number of rotatable bonds is 8. The zero-order valence-electron chi connectivity index (χ0n) is 22.3. The third kappa shape index (κ3) is 6.01. The standard InChI is InChI=1S/C27H29N7O5S/c1-4-28-25(36)34-26-33-21-11-16(10-19(22(21)40-26)20-8-6-7-9-29-20)17-12-30-24(31-13-17)32-18-14-38-27(3,39-15-18)23(35)37-5-2/h6-13,18H,4-5,14-15H2,1-3H3,(H,30,31,32)(H2,28,33,34,36). The molecule has 208 valence electrons. The van der Waals surface area contributed by atoms with E-state index >= 15 is 0 Å². The highest BCUT2D eigenvalue weighted by atomic mass is 32.1. The third-order valence-corrected chi connectivity index (χ3v) is 7.09. The Labute approximate surface area is 234 Å². The second-order valence-electron chi connectivity index (χ2n) is 9.02. The summed E-state index contributed by atoms with van der Waals surface area (Å²) in [5.41, 5.74) is 4.02. The molecule has 0 bridgehead atoms. The first-order valence-electron chi connectivity index (χ1n) is 12.8. The third-order valence-electron chi connectivity index (χ3n) is 6.07. The van der Waals surface area contributed by atoms with E-state index in [1.807, 2.05) is 37.3 Å². The van der Waals surface area contributed by atoms with Gasteiger partial charge in [-0.05, 0) is 43.7 Å². The minimum Gasteiger partial charge on any atom is -0.462 e. The number of fused-ring (bicyclic) bond motifs is 1. The Kier molecular flexibility index (Phi) is 8.14. The maximum absolute atomic E-state index is 12.1. The zero-order chi connectivity index (χ0) is 28.1. The number of hydrogen-bond donors (Lipinski definition) is 3. The van der Waals surface area contributed by atoms with Crippen LogP contribution in [0.4, 0.5) is 15.9 Å². The minimum absolute atomic E-state index is 0.223. The number of anilines is 2. The second kappa shape index (κ2) is 11.9. The highest BCUT2D eigenvalue weighted by Gasteiger charge is 2.42. The van der Waals surface area contributed by atoms with E-state index in [9.17, 15) is 9.59 Å². The second-order valence-corrected chi connectivity index (χ2v) is 10.0. The van der Waals surface area contributed by atoms with Crippen molar-refractivity contribution < 1.29 is 23.8 Å². The lowest BCUT2D eigenvalue weighted by atomic mass is 10.0. The van der Waals surface area contributed by atoms with Gasteiger partial charge in [0.05, 0.1) is 41.8 Å². The van der Waals surface area contributed by atoms with E-state index in [2.05, 4.69) is 35.9 Å². The first-order chi connectivity index (χ1) is 19.4. The molecule has 0 spiro atoms. The van der Waals surface area contributed by atoms with Crippen LogP contribution in [0, 0.1) is 0 Å². The molecular formula is C27H29N7O5S. The van der Waals surface area contributed by atoms with Gasteiger partial charge in [-0.15, -0.1) is 0 Å². The van der Waals surface area contributed by atoms with Gasteiger partial charge in [0.2, 0.25) is 5.95 Å². The van der Waals surface area contributed by atoms with Crippen molar-refractivity contribution in [2.45, 2.75) is 32.6 Å². The first kappa shape index (κ1) is 27.4. The van der Waals surface area contributed by atoms with Crippen LogP contribution in [-0.4, -0.2) is 70.1 Å². The molecule has 4 aromatic rings. The molecule has 40 heavy (non-hydrogen) atoms. The Morgan fingerprint density at radius 1 is 1.10 bits per heavy atom. The lowest BCUT2D eigenvalue weighted by molar-refractivity contribution is -0.263. The van der Waals surface area contributed by atoms with Crippen LogP contribution in [0.1, 0.15) is 20.8 Å². The Bertz CT molecular complexity index is 1490. The summed E-state index contributed by atoms with van der Waals surface area (Å²) in [5, 5.41) is 9.17. The molecule has 0 unspecified atom stereocenters. The van der Waals surface area contributed by atoms with Crippen LogP contribution in [0.15, 0.2) is 48.9 Å². The topological polar surface area (TPSA) is 149 Å². The largest absolute Gasteiger partial charge is 0.462 e. The van der Waals surface area contributed by atoms with Gasteiger partial charge in [-0.1, -0.05) is 17.4 Å². The van der Waals surface area contributed by atoms with Gasteiger partial charge in [-0.2, -0.15) is 0 Å². The van der Waals surface area contributed by atoms with Gasteiger partial charge in [0.25, 0.3) is 5.79 Å². The Morgan fingerprint density at radius 3 is 2.55 bits per heavy atom. The van der Waals surface area contributed by atoms with E-state index in [1.165, 1.54) is 11.3 Å². The number of aromatic nitrogens is 4. The fraction of sp³-hybridized carbons (Fsp3) is 0.333. The highest BCUT2D eigenvalue weighted by molar-refractivity contribution is 7.22. The monoisotopic (exact) mass is 563 g/mol. The number of amides is 2. The number of hydrogen-bond acceptors (Lipinski definition) is 11. The minimum atomic E-state index is -1.42. The van der Waals surface area contributed by atoms with Crippen molar-refractivity contribution in [1.82, 2.24) is 25.3 Å². The number of thiazole rings is 1. The summed E-state index contributed by atoms with van der Waals surface area (Å²) in [7, 11) is 0. The molecule has 1 saturated heterocycles. The number of nitrogens with zero attached hydrogens (tertiary/aromatic N) is 4. The molecule has 3 N–H and O–H groups in total. The van der Waals surface area contributed by atoms with Crippen molar-refractivity contribution in [3.05, 3.63) is 48.9 Å². The van der Waals surface area contributed by atoms with Crippen LogP contribution in [0.3, 0.4) is 0 Å². The summed E-state index contributed by atoms with van der Waals surface area (Å²) >= 11 is 1.39. The number of urea groups is 1. The molecule has 13 heteroatoms. The lowest BCUT2D eigenvalue weighted by Crippen LogP contribution is -2.52. The fourth-order valence-corrected chi connectivity index (χ4v) is 5.04. The van der Waals surface area contributed by atoms with Crippen molar-refractivity contribution in [2.75, 3.05) is 37.0 Å². The number of carbonyl (C=O) groups is 2. The van der Waals surface area contributed by atoms with Gasteiger partial charge in [0, 0.05) is 43.2 Å². The van der Waals surface area contributed by atoms with Gasteiger partial charge in [0.15, 0.2) is 5.13 Å². The number of carbonyl (C=O) groups excluding carboxylic acids is 2. The van der Waals surface area contributed by atoms with E-state index in [1.54, 1.807) is 32.4 Å². The molecular weight excluding hydrogens is 534 g/mol. The molecule has 0 atom stereocenters. The Hall–Kier alpha value is -4.20. The summed E-state index contributed by atoms with van der Waals surface area (Å²) in [6, 6.07) is 9.12. The smallest absolute Gasteiger partial charge is 0.366 e. The van der Waals surface area contributed by atoms with E-state index in [0.717, 1.165) is 32.6 Å². The highest BCUT2D eigenvalue weighted by Crippen LogP contribution is 2.38. The van der Waals surface area contributed by atoms with E-state index < -0.39 is 11.8 Å². The van der Waals surface area contributed by atoms with Gasteiger partial charge >= 0.3 is 12.0 Å². The predicted molar refractivity (Wildman–Crippen MR) is 151 cm³/mol. The SMILES string of the molecule is CCNC(=O)Nc1nc2cc(-c3cnc(NC4COC(C)(C(=O)OCC)OC4)nc3)cc(-c3ccccn3)c2s1. The van der Waals surface area contributed by atoms with Crippen molar-refractivity contribution in [1.29, 1.82) is 0 Å². The van der Waals surface area contributed by atoms with Crippen LogP contribution in [0.2, 0.25) is 0 Å². The van der Waals surface area contributed by atoms with Gasteiger partial charge in [0.1, 0.15) is 0 Å². The number of ether oxygens (including phenoxy) is 3. The summed E-state index contributed by atoms with van der Waals surface area (Å²) in [4.78, 5) is 42.3. The van der Waals surface area contributed by atoms with Crippen molar-refractivity contribution in [3.63, 3.8) is 0 Å². The first-order valence-corrected chi connectivity index (χ1v) is 13.6. The average molecular weight is 564 g/mol. The summed E-state index contributed by atoms with van der Waals surface area (Å²) in [6.07, 6.45) is 5.17. The Balaban J connectivity index is 1.36. The normalized spacial score (nSPS) is 18.7. The fourth-order valence-electron chi connectivity index (χ4n) is 4.07. The zero-order valence-corrected chi connectivity index (χ0v) is 23.1. The summed E-state index contributed by atoms with van der Waals surface area (Å²) < 4.78 is 17.2. The summed E-state index contributed by atoms with van der Waals surface area (Å²) in [5.74, 6) is -1.58. The van der Waals surface area contributed by atoms with E-state index in [-0.39, 0.29) is 31.9 Å². The van der Waals surface area contributed by atoms with Crippen LogP contribution in [0.25, 0.3) is 32.6 Å². The molecule has 3 aromatic heterocycles. The molecule has 1 aliphatic heterocycles. The Morgan fingerprint density at radius 2 is 1.88 bits per heavy atom. The van der Waals surface area contributed by atoms with Crippen molar-refractivity contribution in [3.8, 4) is 22.4 Å². The summed E-state index contributed by atoms with van der Waals surface area (Å²) in [6.45, 7) is 6.33. The molecule has 0 radical (unpaired) electrons. The predicted octanol–water partition coefficient (Wildman–Crippen LogP) is 4.06. The number of nitrogens with one attached hydrogen (secondary N) is 3. The van der Waals surface area contributed by atoms with E-state index in [4.69, 9.17) is 14.2 Å². The van der Waals surface area contributed by atoms with Crippen molar-refractivity contribution >= 4 is 44.6 Å². The molecule has 4 heterocycles.